The minimum atomic E-state index is -0.594. The Bertz CT molecular complexity index is 607. The van der Waals surface area contributed by atoms with E-state index in [0.29, 0.717) is 6.29 Å². The third-order valence-electron chi connectivity index (χ3n) is 2.05. The second-order valence-corrected chi connectivity index (χ2v) is 3.65. The molecule has 18 heavy (non-hydrogen) atoms. The van der Waals surface area contributed by atoms with Crippen LogP contribution in [0.15, 0.2) is 34.7 Å². The Kier molecular flexibility index (Phi) is 3.29. The van der Waals surface area contributed by atoms with Crippen molar-refractivity contribution < 1.29 is 18.9 Å². The minimum Gasteiger partial charge on any atom is -0.426 e. The summed E-state index contributed by atoms with van der Waals surface area (Å²) < 4.78 is 10.2. The van der Waals surface area contributed by atoms with Gasteiger partial charge in [0.05, 0.1) is 4.92 Å². The van der Waals surface area contributed by atoms with Gasteiger partial charge < -0.3 is 9.15 Å². The molecule has 0 atom stereocenters. The summed E-state index contributed by atoms with van der Waals surface area (Å²) in [6.45, 7) is 0. The zero-order chi connectivity index (χ0) is 13.1. The summed E-state index contributed by atoms with van der Waals surface area (Å²) in [4.78, 5) is 20.4. The number of ether oxygens (including phenoxy) is 1. The Morgan fingerprint density at radius 1 is 1.33 bits per heavy atom. The lowest BCUT2D eigenvalue weighted by atomic mass is 10.3. The summed E-state index contributed by atoms with van der Waals surface area (Å²) in [5, 5.41) is 10.5. The van der Waals surface area contributed by atoms with Gasteiger partial charge in [0.15, 0.2) is 12.0 Å². The molecule has 0 saturated carbocycles. The van der Waals surface area contributed by atoms with Crippen molar-refractivity contribution in [2.24, 2.45) is 0 Å². The lowest BCUT2D eigenvalue weighted by Gasteiger charge is -2.02. The monoisotopic (exact) mass is 267 g/mol. The number of nitro groups is 1. The summed E-state index contributed by atoms with van der Waals surface area (Å²) in [5.41, 5.74) is -0.211. The topological polar surface area (TPSA) is 82.6 Å². The highest BCUT2D eigenvalue weighted by Crippen LogP contribution is 2.31. The molecule has 0 aliphatic rings. The predicted molar refractivity (Wildman–Crippen MR) is 62.3 cm³/mol. The van der Waals surface area contributed by atoms with Crippen LogP contribution in [0.3, 0.4) is 0 Å². The maximum atomic E-state index is 10.6. The third kappa shape index (κ3) is 2.49. The lowest BCUT2D eigenvalue weighted by Crippen LogP contribution is -1.89. The lowest BCUT2D eigenvalue weighted by molar-refractivity contribution is -0.384. The van der Waals surface area contributed by atoms with Crippen LogP contribution in [0.5, 0.6) is 11.7 Å². The number of furan rings is 1. The van der Waals surface area contributed by atoms with Crippen molar-refractivity contribution in [2.45, 2.75) is 0 Å². The van der Waals surface area contributed by atoms with Crippen LogP contribution in [0.25, 0.3) is 0 Å². The molecule has 0 bridgehead atoms. The van der Waals surface area contributed by atoms with Gasteiger partial charge in [-0.2, -0.15) is 0 Å². The first-order valence-corrected chi connectivity index (χ1v) is 5.15. The second-order valence-electron chi connectivity index (χ2n) is 3.25. The molecule has 1 heterocycles. The summed E-state index contributed by atoms with van der Waals surface area (Å²) in [6.07, 6.45) is 0.537. The molecule has 1 aromatic heterocycles. The van der Waals surface area contributed by atoms with E-state index in [1.807, 2.05) is 0 Å². The van der Waals surface area contributed by atoms with E-state index in [1.54, 1.807) is 0 Å². The number of carbonyl (C=O) groups is 1. The van der Waals surface area contributed by atoms with Crippen LogP contribution in [0, 0.1) is 10.1 Å². The van der Waals surface area contributed by atoms with Crippen molar-refractivity contribution in [1.29, 1.82) is 0 Å². The van der Waals surface area contributed by atoms with Crippen molar-refractivity contribution in [2.75, 3.05) is 0 Å². The van der Waals surface area contributed by atoms with Crippen molar-refractivity contribution in [3.63, 3.8) is 0 Å². The highest BCUT2D eigenvalue weighted by atomic mass is 35.5. The van der Waals surface area contributed by atoms with Crippen molar-refractivity contribution in [1.82, 2.24) is 0 Å². The fraction of sp³-hybridized carbons (Fsp3) is 0. The van der Waals surface area contributed by atoms with Gasteiger partial charge in [-0.15, -0.1) is 0 Å². The number of halogens is 1. The van der Waals surface area contributed by atoms with E-state index in [1.165, 1.54) is 30.3 Å². The first-order valence-electron chi connectivity index (χ1n) is 4.77. The molecular weight excluding hydrogens is 262 g/mol. The zero-order valence-electron chi connectivity index (χ0n) is 8.83. The highest BCUT2D eigenvalue weighted by Gasteiger charge is 2.13. The molecule has 92 valence electrons. The van der Waals surface area contributed by atoms with Crippen molar-refractivity contribution >= 4 is 23.6 Å². The van der Waals surface area contributed by atoms with Crippen molar-refractivity contribution in [3.8, 4) is 11.7 Å². The molecule has 0 spiro atoms. The summed E-state index contributed by atoms with van der Waals surface area (Å²) >= 11 is 5.71. The van der Waals surface area contributed by atoms with Gasteiger partial charge in [0.25, 0.3) is 11.6 Å². The first kappa shape index (κ1) is 12.1. The van der Waals surface area contributed by atoms with Crippen LogP contribution in [0.1, 0.15) is 10.6 Å². The Balaban J connectivity index is 2.22. The van der Waals surface area contributed by atoms with Crippen LogP contribution in [-0.2, 0) is 0 Å². The van der Waals surface area contributed by atoms with Gasteiger partial charge in [-0.1, -0.05) is 11.6 Å². The summed E-state index contributed by atoms with van der Waals surface area (Å²) in [7, 11) is 0. The molecule has 2 aromatic rings. The molecule has 2 rings (SSSR count). The second kappa shape index (κ2) is 4.89. The molecule has 0 fully saturated rings. The van der Waals surface area contributed by atoms with Gasteiger partial charge in [-0.3, -0.25) is 14.9 Å². The SMILES string of the molecule is O=Cc1ccc(Oc2ccc([N+](=O)[O-])c(Cl)c2)o1. The van der Waals surface area contributed by atoms with Gasteiger partial charge in [0.1, 0.15) is 10.8 Å². The van der Waals surface area contributed by atoms with Crippen LogP contribution < -0.4 is 4.74 Å². The summed E-state index contributed by atoms with van der Waals surface area (Å²) in [5.74, 6) is 0.498. The van der Waals surface area contributed by atoms with Crippen LogP contribution in [0.2, 0.25) is 5.02 Å². The molecule has 0 amide bonds. The number of hydrogen-bond acceptors (Lipinski definition) is 5. The smallest absolute Gasteiger partial charge is 0.290 e. The molecule has 6 nitrogen and oxygen atoms in total. The van der Waals surface area contributed by atoms with Gasteiger partial charge in [-0.05, 0) is 12.1 Å². The number of carbonyl (C=O) groups excluding carboxylic acids is 1. The molecule has 1 aromatic carbocycles. The van der Waals surface area contributed by atoms with E-state index in [2.05, 4.69) is 0 Å². The predicted octanol–water partition coefficient (Wildman–Crippen LogP) is 3.45. The van der Waals surface area contributed by atoms with E-state index in [9.17, 15) is 14.9 Å². The van der Waals surface area contributed by atoms with E-state index in [-0.39, 0.29) is 28.2 Å². The average molecular weight is 268 g/mol. The van der Waals surface area contributed by atoms with Gasteiger partial charge >= 0.3 is 0 Å². The Morgan fingerprint density at radius 2 is 2.11 bits per heavy atom. The number of benzene rings is 1. The number of rotatable bonds is 4. The largest absolute Gasteiger partial charge is 0.426 e. The fourth-order valence-corrected chi connectivity index (χ4v) is 1.51. The normalized spacial score (nSPS) is 10.1. The maximum absolute atomic E-state index is 10.6. The molecular formula is C11H6ClNO5. The van der Waals surface area contributed by atoms with Crippen LogP contribution in [0.4, 0.5) is 5.69 Å². The van der Waals surface area contributed by atoms with Gasteiger partial charge in [-0.25, -0.2) is 0 Å². The van der Waals surface area contributed by atoms with Crippen molar-refractivity contribution in [3.05, 3.63) is 51.2 Å². The Hall–Kier alpha value is -2.34. The van der Waals surface area contributed by atoms with Gasteiger partial charge in [0.2, 0.25) is 0 Å². The Morgan fingerprint density at radius 3 is 2.67 bits per heavy atom. The van der Waals surface area contributed by atoms with Crippen LogP contribution in [-0.4, -0.2) is 11.2 Å². The first-order chi connectivity index (χ1) is 8.60. The van der Waals surface area contributed by atoms with E-state index < -0.39 is 4.92 Å². The number of aldehydes is 1. The third-order valence-corrected chi connectivity index (χ3v) is 2.36. The molecule has 0 radical (unpaired) electrons. The van der Waals surface area contributed by atoms with Gasteiger partial charge in [0, 0.05) is 18.2 Å². The molecule has 0 saturated heterocycles. The summed E-state index contributed by atoms with van der Waals surface area (Å²) in [6, 6.07) is 6.80. The number of nitro benzene ring substituents is 1. The molecule has 0 unspecified atom stereocenters. The van der Waals surface area contributed by atoms with E-state index in [4.69, 9.17) is 20.8 Å². The van der Waals surface area contributed by atoms with E-state index in [0.717, 1.165) is 0 Å². The molecule has 0 aliphatic carbocycles. The Labute approximate surface area is 106 Å². The number of nitrogens with zero attached hydrogens (tertiary/aromatic N) is 1. The maximum Gasteiger partial charge on any atom is 0.290 e. The number of hydrogen-bond donors (Lipinski definition) is 0. The zero-order valence-corrected chi connectivity index (χ0v) is 9.59. The van der Waals surface area contributed by atoms with Crippen LogP contribution >= 0.6 is 11.6 Å². The molecule has 7 heteroatoms. The quantitative estimate of drug-likeness (QED) is 0.481. The minimum absolute atomic E-state index is 0.0420. The molecule has 0 aliphatic heterocycles. The average Bonchev–Trinajstić information content (AvgIpc) is 2.76. The molecule has 0 N–H and O–H groups in total. The van der Waals surface area contributed by atoms with E-state index >= 15 is 0 Å². The standard InChI is InChI=1S/C11H6ClNO5/c12-9-5-7(1-3-10(9)13(15)16)17-11-4-2-8(6-14)18-11/h1-6H. The fourth-order valence-electron chi connectivity index (χ4n) is 1.27. The highest BCUT2D eigenvalue weighted by molar-refractivity contribution is 6.32.